The van der Waals surface area contributed by atoms with Crippen molar-refractivity contribution < 1.29 is 8.42 Å². The highest BCUT2D eigenvalue weighted by molar-refractivity contribution is 7.90. The van der Waals surface area contributed by atoms with Crippen molar-refractivity contribution in [1.29, 1.82) is 0 Å². The van der Waals surface area contributed by atoms with Crippen LogP contribution in [0, 0.1) is 0 Å². The Morgan fingerprint density at radius 1 is 0.848 bits per heavy atom. The Bertz CT molecular complexity index is 1420. The third-order valence-electron chi connectivity index (χ3n) is 6.13. The second kappa shape index (κ2) is 9.22. The Hall–Kier alpha value is -3.41. The predicted octanol–water partition coefficient (Wildman–Crippen LogP) is 5.68. The summed E-state index contributed by atoms with van der Waals surface area (Å²) in [5.41, 5.74) is 4.44. The van der Waals surface area contributed by atoms with Gasteiger partial charge in [-0.15, -0.1) is 0 Å². The summed E-state index contributed by atoms with van der Waals surface area (Å²) in [6, 6.07) is 26.8. The molecule has 1 aliphatic rings. The van der Waals surface area contributed by atoms with E-state index in [1.807, 2.05) is 30.3 Å². The van der Waals surface area contributed by atoms with Gasteiger partial charge in [-0.2, -0.15) is 0 Å². The van der Waals surface area contributed by atoms with Gasteiger partial charge in [0.05, 0.1) is 10.4 Å². The molecule has 33 heavy (non-hydrogen) atoms. The van der Waals surface area contributed by atoms with Crippen LogP contribution in [0.1, 0.15) is 17.5 Å². The molecular weight excluding hydrogens is 428 g/mol. The molecule has 1 aromatic heterocycles. The molecular formula is C28H26N2O2S. The Balaban J connectivity index is 1.32. The molecule has 166 valence electrons. The standard InChI is InChI=1S/C28H26N2O2S/c31-33(32,26-13-5-2-6-14-26)30-22-18-27-25(11-7-15-28(27)30)12-8-19-29-20-16-24(17-21-29)23-9-3-1-4-10-23/h1-16,18,22H,17,19-21H2. The highest BCUT2D eigenvalue weighted by atomic mass is 32.2. The summed E-state index contributed by atoms with van der Waals surface area (Å²) in [5.74, 6) is 0. The molecule has 0 bridgehead atoms. The van der Waals surface area contributed by atoms with Gasteiger partial charge in [-0.3, -0.25) is 4.90 Å². The van der Waals surface area contributed by atoms with E-state index in [1.54, 1.807) is 30.5 Å². The maximum absolute atomic E-state index is 13.1. The van der Waals surface area contributed by atoms with Gasteiger partial charge in [-0.25, -0.2) is 12.4 Å². The highest BCUT2D eigenvalue weighted by Crippen LogP contribution is 2.26. The van der Waals surface area contributed by atoms with Crippen molar-refractivity contribution >= 4 is 32.6 Å². The van der Waals surface area contributed by atoms with Crippen molar-refractivity contribution in [3.8, 4) is 0 Å². The summed E-state index contributed by atoms with van der Waals surface area (Å²) in [4.78, 5) is 2.70. The average Bonchev–Trinajstić information content (AvgIpc) is 3.32. The highest BCUT2D eigenvalue weighted by Gasteiger charge is 2.19. The molecule has 2 heterocycles. The van der Waals surface area contributed by atoms with Gasteiger partial charge in [0.15, 0.2) is 0 Å². The van der Waals surface area contributed by atoms with Crippen LogP contribution in [0.4, 0.5) is 0 Å². The molecule has 4 nitrogen and oxygen atoms in total. The minimum absolute atomic E-state index is 0.288. The largest absolute Gasteiger partial charge is 0.296 e. The molecule has 0 saturated heterocycles. The minimum atomic E-state index is -3.63. The second-order valence-electron chi connectivity index (χ2n) is 8.22. The first-order valence-electron chi connectivity index (χ1n) is 11.2. The van der Waals surface area contributed by atoms with Crippen LogP contribution >= 0.6 is 0 Å². The second-order valence-corrected chi connectivity index (χ2v) is 10.0. The van der Waals surface area contributed by atoms with Crippen molar-refractivity contribution in [3.05, 3.63) is 114 Å². The molecule has 0 aliphatic carbocycles. The van der Waals surface area contributed by atoms with Gasteiger partial charge in [-0.1, -0.05) is 78.9 Å². The van der Waals surface area contributed by atoms with E-state index < -0.39 is 10.0 Å². The summed E-state index contributed by atoms with van der Waals surface area (Å²) in [6.07, 6.45) is 9.28. The van der Waals surface area contributed by atoms with Crippen molar-refractivity contribution in [2.24, 2.45) is 0 Å². The summed E-state index contributed by atoms with van der Waals surface area (Å²) in [7, 11) is -3.63. The third-order valence-corrected chi connectivity index (χ3v) is 7.83. The predicted molar refractivity (Wildman–Crippen MR) is 135 cm³/mol. The third kappa shape index (κ3) is 4.42. The minimum Gasteiger partial charge on any atom is -0.296 e. The molecule has 5 rings (SSSR count). The number of nitrogens with zero attached hydrogens (tertiary/aromatic N) is 2. The normalized spacial score (nSPS) is 15.2. The Morgan fingerprint density at radius 2 is 1.61 bits per heavy atom. The van der Waals surface area contributed by atoms with Crippen LogP contribution in [0.15, 0.2) is 108 Å². The molecule has 0 atom stereocenters. The van der Waals surface area contributed by atoms with Crippen LogP contribution in [0.25, 0.3) is 22.6 Å². The van der Waals surface area contributed by atoms with E-state index in [1.165, 1.54) is 15.1 Å². The number of fused-ring (bicyclic) bond motifs is 1. The van der Waals surface area contributed by atoms with Crippen LogP contribution in [0.2, 0.25) is 0 Å². The van der Waals surface area contributed by atoms with E-state index in [9.17, 15) is 8.42 Å². The molecule has 3 aromatic carbocycles. The Morgan fingerprint density at radius 3 is 2.33 bits per heavy atom. The maximum atomic E-state index is 13.1. The van der Waals surface area contributed by atoms with Crippen LogP contribution in [0.5, 0.6) is 0 Å². The fourth-order valence-electron chi connectivity index (χ4n) is 4.35. The van der Waals surface area contributed by atoms with E-state index in [2.05, 4.69) is 53.5 Å². The van der Waals surface area contributed by atoms with Crippen molar-refractivity contribution in [2.75, 3.05) is 19.6 Å². The Kier molecular flexibility index (Phi) is 5.99. The SMILES string of the molecule is O=S(=O)(c1ccccc1)n1ccc2c(C=CCN3CC=C(c4ccccc4)CC3)cccc21. The monoisotopic (exact) mass is 454 g/mol. The quantitative estimate of drug-likeness (QED) is 0.376. The van der Waals surface area contributed by atoms with E-state index in [0.29, 0.717) is 5.52 Å². The van der Waals surface area contributed by atoms with Crippen LogP contribution in [-0.4, -0.2) is 36.9 Å². The summed E-state index contributed by atoms with van der Waals surface area (Å²) >= 11 is 0. The lowest BCUT2D eigenvalue weighted by atomic mass is 9.99. The molecule has 0 unspecified atom stereocenters. The van der Waals surface area contributed by atoms with Crippen LogP contribution < -0.4 is 0 Å². The van der Waals surface area contributed by atoms with Gasteiger partial charge in [0, 0.05) is 31.2 Å². The first-order valence-corrected chi connectivity index (χ1v) is 12.6. The lowest BCUT2D eigenvalue weighted by molar-refractivity contribution is 0.335. The van der Waals surface area contributed by atoms with E-state index in [4.69, 9.17) is 0 Å². The number of rotatable bonds is 6. The number of aromatic nitrogens is 1. The number of hydrogen-bond donors (Lipinski definition) is 0. The molecule has 0 saturated carbocycles. The zero-order chi connectivity index (χ0) is 22.7. The van der Waals surface area contributed by atoms with Crippen molar-refractivity contribution in [3.63, 3.8) is 0 Å². The number of hydrogen-bond acceptors (Lipinski definition) is 3. The zero-order valence-electron chi connectivity index (χ0n) is 18.3. The van der Waals surface area contributed by atoms with Crippen molar-refractivity contribution in [2.45, 2.75) is 11.3 Å². The molecule has 0 spiro atoms. The fourth-order valence-corrected chi connectivity index (χ4v) is 5.72. The molecule has 4 aromatic rings. The first-order chi connectivity index (χ1) is 16.1. The van der Waals surface area contributed by atoms with Gasteiger partial charge >= 0.3 is 0 Å². The van der Waals surface area contributed by atoms with Gasteiger partial charge in [0.2, 0.25) is 0 Å². The molecule has 0 N–H and O–H groups in total. The molecule has 0 radical (unpaired) electrons. The lowest BCUT2D eigenvalue weighted by Gasteiger charge is -2.25. The molecule has 0 fully saturated rings. The van der Waals surface area contributed by atoms with Crippen LogP contribution in [-0.2, 0) is 10.0 Å². The smallest absolute Gasteiger partial charge is 0.268 e. The van der Waals surface area contributed by atoms with E-state index >= 15 is 0 Å². The Labute approximate surface area is 195 Å². The fraction of sp³-hybridized carbons (Fsp3) is 0.143. The summed E-state index contributed by atoms with van der Waals surface area (Å²) in [5, 5.41) is 0.929. The van der Waals surface area contributed by atoms with Gasteiger partial charge in [-0.05, 0) is 47.4 Å². The average molecular weight is 455 g/mol. The van der Waals surface area contributed by atoms with Gasteiger partial charge in [0.1, 0.15) is 0 Å². The topological polar surface area (TPSA) is 42.3 Å². The van der Waals surface area contributed by atoms with E-state index in [-0.39, 0.29) is 4.90 Å². The summed E-state index contributed by atoms with van der Waals surface area (Å²) < 4.78 is 27.6. The zero-order valence-corrected chi connectivity index (χ0v) is 19.2. The van der Waals surface area contributed by atoms with Gasteiger partial charge < -0.3 is 0 Å². The number of benzene rings is 3. The van der Waals surface area contributed by atoms with Gasteiger partial charge in [0.25, 0.3) is 10.0 Å². The first kappa shape index (κ1) is 21.4. The summed E-state index contributed by atoms with van der Waals surface area (Å²) in [6.45, 7) is 2.82. The molecule has 0 amide bonds. The van der Waals surface area contributed by atoms with Crippen LogP contribution in [0.3, 0.4) is 0 Å². The van der Waals surface area contributed by atoms with Crippen molar-refractivity contribution in [1.82, 2.24) is 8.87 Å². The van der Waals surface area contributed by atoms with E-state index in [0.717, 1.165) is 37.0 Å². The molecule has 1 aliphatic heterocycles. The molecule has 5 heteroatoms. The lowest BCUT2D eigenvalue weighted by Crippen LogP contribution is -2.28. The maximum Gasteiger partial charge on any atom is 0.268 e.